The van der Waals surface area contributed by atoms with Crippen molar-refractivity contribution in [2.75, 3.05) is 16.8 Å². The second-order valence-electron chi connectivity index (χ2n) is 5.64. The molecule has 0 radical (unpaired) electrons. The van der Waals surface area contributed by atoms with E-state index in [1.165, 1.54) is 0 Å². The summed E-state index contributed by atoms with van der Waals surface area (Å²) in [6, 6.07) is 12.3. The summed E-state index contributed by atoms with van der Waals surface area (Å²) in [4.78, 5) is 26.3. The van der Waals surface area contributed by atoms with Gasteiger partial charge >= 0.3 is 0 Å². The van der Waals surface area contributed by atoms with Crippen LogP contribution in [0.5, 0.6) is 5.75 Å². The number of halogens is 1. The van der Waals surface area contributed by atoms with Gasteiger partial charge in [0.2, 0.25) is 0 Å². The molecule has 3 rings (SSSR count). The number of ether oxygens (including phenoxy) is 1. The van der Waals surface area contributed by atoms with E-state index in [4.69, 9.17) is 4.74 Å². The van der Waals surface area contributed by atoms with Crippen molar-refractivity contribution in [3.8, 4) is 5.75 Å². The van der Waals surface area contributed by atoms with Crippen LogP contribution in [-0.4, -0.2) is 24.5 Å². The molecule has 1 N–H and O–H groups in total. The molecule has 128 valence electrons. The summed E-state index contributed by atoms with van der Waals surface area (Å²) in [6.45, 7) is 5.79. The molecule has 0 spiro atoms. The number of rotatable bonds is 4. The minimum absolute atomic E-state index is 0.135. The van der Waals surface area contributed by atoms with Crippen molar-refractivity contribution in [3.05, 3.63) is 65.2 Å². The molecule has 0 aliphatic carbocycles. The second kappa shape index (κ2) is 7.11. The number of nitrogens with zero attached hydrogens (tertiary/aromatic N) is 1. The number of hydrogen-bond acceptors (Lipinski definition) is 3. The first kappa shape index (κ1) is 17.2. The summed E-state index contributed by atoms with van der Waals surface area (Å²) in [5.41, 5.74) is 1.76. The molecule has 1 aliphatic heterocycles. The first-order chi connectivity index (χ1) is 12.0. The van der Waals surface area contributed by atoms with E-state index in [0.29, 0.717) is 29.2 Å². The Balaban J connectivity index is 1.87. The molecule has 25 heavy (non-hydrogen) atoms. The van der Waals surface area contributed by atoms with Gasteiger partial charge in [-0.25, -0.2) is 0 Å². The van der Waals surface area contributed by atoms with Crippen molar-refractivity contribution >= 4 is 39.1 Å². The summed E-state index contributed by atoms with van der Waals surface area (Å²) in [5.74, 6) is 0.249. The van der Waals surface area contributed by atoms with E-state index < -0.39 is 6.10 Å². The molecule has 0 saturated heterocycles. The Hall–Kier alpha value is -2.60. The summed E-state index contributed by atoms with van der Waals surface area (Å²) in [7, 11) is 0. The topological polar surface area (TPSA) is 58.6 Å². The maximum atomic E-state index is 12.4. The van der Waals surface area contributed by atoms with Gasteiger partial charge < -0.3 is 15.0 Å². The summed E-state index contributed by atoms with van der Waals surface area (Å²) in [5, 5.41) is 2.84. The zero-order valence-corrected chi connectivity index (χ0v) is 15.2. The van der Waals surface area contributed by atoms with Gasteiger partial charge in [0.25, 0.3) is 11.8 Å². The van der Waals surface area contributed by atoms with E-state index >= 15 is 0 Å². The molecule has 2 aromatic carbocycles. The fourth-order valence-electron chi connectivity index (χ4n) is 2.61. The lowest BCUT2D eigenvalue weighted by molar-refractivity contribution is -0.125. The standard InChI is InChI=1S/C19H17BrN2O3/c1-3-10-22-16-11-15(8-9-17(16)25-12(2)19(22)24)21-18(23)13-4-6-14(20)7-5-13/h3-9,11-12H,1,10H2,2H3,(H,21,23). The molecule has 0 aromatic heterocycles. The van der Waals surface area contributed by atoms with Crippen LogP contribution in [0.3, 0.4) is 0 Å². The van der Waals surface area contributed by atoms with Crippen molar-refractivity contribution in [3.63, 3.8) is 0 Å². The quantitative estimate of drug-likeness (QED) is 0.788. The maximum Gasteiger partial charge on any atom is 0.268 e. The van der Waals surface area contributed by atoms with Crippen molar-refractivity contribution < 1.29 is 14.3 Å². The van der Waals surface area contributed by atoms with E-state index in [1.54, 1.807) is 48.2 Å². The number of amides is 2. The molecule has 0 bridgehead atoms. The largest absolute Gasteiger partial charge is 0.479 e. The molecule has 1 atom stereocenters. The van der Waals surface area contributed by atoms with Crippen molar-refractivity contribution in [2.24, 2.45) is 0 Å². The van der Waals surface area contributed by atoms with E-state index in [1.807, 2.05) is 12.1 Å². The zero-order chi connectivity index (χ0) is 18.0. The van der Waals surface area contributed by atoms with Crippen LogP contribution >= 0.6 is 15.9 Å². The smallest absolute Gasteiger partial charge is 0.268 e. The molecule has 2 aromatic rings. The maximum absolute atomic E-state index is 12.4. The van der Waals surface area contributed by atoms with Gasteiger partial charge in [-0.15, -0.1) is 6.58 Å². The average Bonchev–Trinajstić information content (AvgIpc) is 2.60. The second-order valence-corrected chi connectivity index (χ2v) is 6.56. The molecular weight excluding hydrogens is 384 g/mol. The van der Waals surface area contributed by atoms with Gasteiger partial charge in [-0.1, -0.05) is 22.0 Å². The third-order valence-electron chi connectivity index (χ3n) is 3.84. The van der Waals surface area contributed by atoms with Crippen LogP contribution in [0.2, 0.25) is 0 Å². The molecule has 0 fully saturated rings. The van der Waals surface area contributed by atoms with Gasteiger partial charge in [-0.05, 0) is 49.4 Å². The Bertz CT molecular complexity index is 833. The number of nitrogens with one attached hydrogen (secondary N) is 1. The minimum atomic E-state index is -0.546. The lowest BCUT2D eigenvalue weighted by atomic mass is 10.1. The van der Waals surface area contributed by atoms with Gasteiger partial charge in [0.1, 0.15) is 5.75 Å². The molecule has 6 heteroatoms. The summed E-state index contributed by atoms with van der Waals surface area (Å²) < 4.78 is 6.54. The van der Waals surface area contributed by atoms with Crippen molar-refractivity contribution in [1.82, 2.24) is 0 Å². The number of anilines is 2. The number of fused-ring (bicyclic) bond motifs is 1. The zero-order valence-electron chi connectivity index (χ0n) is 13.7. The fourth-order valence-corrected chi connectivity index (χ4v) is 2.87. The van der Waals surface area contributed by atoms with Crippen LogP contribution in [0.25, 0.3) is 0 Å². The molecule has 5 nitrogen and oxygen atoms in total. The highest BCUT2D eigenvalue weighted by atomic mass is 79.9. The predicted molar refractivity (Wildman–Crippen MR) is 101 cm³/mol. The Kier molecular flexibility index (Phi) is 4.90. The van der Waals surface area contributed by atoms with Crippen molar-refractivity contribution in [1.29, 1.82) is 0 Å². The number of hydrogen-bond donors (Lipinski definition) is 1. The average molecular weight is 401 g/mol. The fraction of sp³-hybridized carbons (Fsp3) is 0.158. The van der Waals surface area contributed by atoms with E-state index in [9.17, 15) is 9.59 Å². The van der Waals surface area contributed by atoms with E-state index in [0.717, 1.165) is 4.47 Å². The third-order valence-corrected chi connectivity index (χ3v) is 4.37. The van der Waals surface area contributed by atoms with Crippen LogP contribution in [0, 0.1) is 0 Å². The van der Waals surface area contributed by atoms with Crippen LogP contribution < -0.4 is 15.0 Å². The number of benzene rings is 2. The number of carbonyl (C=O) groups excluding carboxylic acids is 2. The van der Waals surface area contributed by atoms with E-state index in [2.05, 4.69) is 27.8 Å². The lowest BCUT2D eigenvalue weighted by Crippen LogP contribution is -2.44. The highest BCUT2D eigenvalue weighted by Gasteiger charge is 2.31. The van der Waals surface area contributed by atoms with E-state index in [-0.39, 0.29) is 11.8 Å². The van der Waals surface area contributed by atoms with Gasteiger partial charge in [0, 0.05) is 22.3 Å². The molecule has 1 heterocycles. The highest BCUT2D eigenvalue weighted by Crippen LogP contribution is 2.36. The van der Waals surface area contributed by atoms with Gasteiger partial charge in [0.15, 0.2) is 6.10 Å². The summed E-state index contributed by atoms with van der Waals surface area (Å²) >= 11 is 3.34. The highest BCUT2D eigenvalue weighted by molar-refractivity contribution is 9.10. The predicted octanol–water partition coefficient (Wildman–Crippen LogP) is 4.00. The van der Waals surface area contributed by atoms with Crippen LogP contribution in [0.15, 0.2) is 59.6 Å². The lowest BCUT2D eigenvalue weighted by Gasteiger charge is -2.32. The molecule has 1 unspecified atom stereocenters. The Morgan fingerprint density at radius 1 is 1.32 bits per heavy atom. The van der Waals surface area contributed by atoms with Crippen LogP contribution in [-0.2, 0) is 4.79 Å². The monoisotopic (exact) mass is 400 g/mol. The molecule has 1 aliphatic rings. The summed E-state index contributed by atoms with van der Waals surface area (Å²) in [6.07, 6.45) is 1.11. The van der Waals surface area contributed by atoms with Gasteiger partial charge in [0.05, 0.1) is 5.69 Å². The van der Waals surface area contributed by atoms with Gasteiger partial charge in [-0.2, -0.15) is 0 Å². The van der Waals surface area contributed by atoms with Crippen molar-refractivity contribution in [2.45, 2.75) is 13.0 Å². The van der Waals surface area contributed by atoms with Crippen LogP contribution in [0.1, 0.15) is 17.3 Å². The first-order valence-corrected chi connectivity index (χ1v) is 8.59. The SMILES string of the molecule is C=CCN1C(=O)C(C)Oc2ccc(NC(=O)c3ccc(Br)cc3)cc21. The Morgan fingerprint density at radius 2 is 2.04 bits per heavy atom. The van der Waals surface area contributed by atoms with Gasteiger partial charge in [-0.3, -0.25) is 9.59 Å². The molecule has 0 saturated carbocycles. The number of carbonyl (C=O) groups is 2. The third kappa shape index (κ3) is 3.58. The van der Waals surface area contributed by atoms with Crippen LogP contribution in [0.4, 0.5) is 11.4 Å². The Morgan fingerprint density at radius 3 is 2.72 bits per heavy atom. The Labute approximate surface area is 154 Å². The first-order valence-electron chi connectivity index (χ1n) is 7.79. The minimum Gasteiger partial charge on any atom is -0.479 e. The molecule has 2 amide bonds. The molecular formula is C19H17BrN2O3. The normalized spacial score (nSPS) is 16.0.